The van der Waals surface area contributed by atoms with Crippen LogP contribution in [0.25, 0.3) is 5.69 Å². The number of rotatable bonds is 9. The van der Waals surface area contributed by atoms with Gasteiger partial charge in [0.15, 0.2) is 17.1 Å². The molecule has 45 heavy (non-hydrogen) atoms. The highest BCUT2D eigenvalue weighted by molar-refractivity contribution is 5.88. The van der Waals surface area contributed by atoms with Gasteiger partial charge in [0, 0.05) is 37.9 Å². The number of amides is 1. The minimum absolute atomic E-state index is 0.0406. The highest BCUT2D eigenvalue weighted by atomic mass is 19.1. The van der Waals surface area contributed by atoms with E-state index in [1.807, 2.05) is 30.4 Å². The lowest BCUT2D eigenvalue weighted by Gasteiger charge is -2.26. The fourth-order valence-corrected chi connectivity index (χ4v) is 6.37. The highest BCUT2D eigenvalue weighted by Gasteiger charge is 2.49. The Morgan fingerprint density at radius 1 is 1.18 bits per heavy atom. The van der Waals surface area contributed by atoms with Gasteiger partial charge in [0.2, 0.25) is 0 Å². The Hall–Kier alpha value is -4.54. The Balaban J connectivity index is 0.977. The third-order valence-corrected chi connectivity index (χ3v) is 9.14. The number of dihydropyridines is 1. The van der Waals surface area contributed by atoms with Crippen molar-refractivity contribution < 1.29 is 28.7 Å². The highest BCUT2D eigenvalue weighted by Crippen LogP contribution is 2.50. The van der Waals surface area contributed by atoms with Gasteiger partial charge in [0.25, 0.3) is 5.56 Å². The summed E-state index contributed by atoms with van der Waals surface area (Å²) in [6.07, 6.45) is 13.7. The van der Waals surface area contributed by atoms with E-state index < -0.39 is 17.3 Å². The molecule has 3 aromatic rings. The predicted molar refractivity (Wildman–Crippen MR) is 166 cm³/mol. The molecule has 1 spiro atoms. The molecule has 2 fully saturated rings. The van der Waals surface area contributed by atoms with Crippen LogP contribution < -0.4 is 15.6 Å². The average molecular weight is 612 g/mol. The van der Waals surface area contributed by atoms with Gasteiger partial charge in [0.1, 0.15) is 17.2 Å². The summed E-state index contributed by atoms with van der Waals surface area (Å²) < 4.78 is 36.6. The van der Waals surface area contributed by atoms with Crippen molar-refractivity contribution in [1.29, 1.82) is 0 Å². The molecule has 1 amide bonds. The van der Waals surface area contributed by atoms with Gasteiger partial charge < -0.3 is 14.2 Å². The third kappa shape index (κ3) is 5.83. The van der Waals surface area contributed by atoms with Crippen molar-refractivity contribution in [3.63, 3.8) is 0 Å². The third-order valence-electron chi connectivity index (χ3n) is 9.14. The monoisotopic (exact) mass is 611 g/mol. The van der Waals surface area contributed by atoms with E-state index in [-0.39, 0.29) is 28.9 Å². The van der Waals surface area contributed by atoms with E-state index in [2.05, 4.69) is 4.99 Å². The van der Waals surface area contributed by atoms with Crippen LogP contribution in [0, 0.1) is 18.7 Å². The number of quaternary nitrogens is 1. The van der Waals surface area contributed by atoms with Crippen LogP contribution in [0.15, 0.2) is 93.8 Å². The zero-order valence-corrected chi connectivity index (χ0v) is 25.4. The molecule has 2 aromatic carbocycles. The molecule has 2 unspecified atom stereocenters. The first kappa shape index (κ1) is 29.2. The van der Waals surface area contributed by atoms with Gasteiger partial charge in [-0.3, -0.25) is 14.5 Å². The molecule has 4 aliphatic rings. The number of para-hydroxylation sites is 1. The molecule has 1 aromatic heterocycles. The van der Waals surface area contributed by atoms with Crippen LogP contribution in [0.3, 0.4) is 0 Å². The van der Waals surface area contributed by atoms with E-state index in [0.29, 0.717) is 35.9 Å². The summed E-state index contributed by atoms with van der Waals surface area (Å²) in [6.45, 7) is 2.31. The van der Waals surface area contributed by atoms with E-state index in [0.717, 1.165) is 24.3 Å². The van der Waals surface area contributed by atoms with Gasteiger partial charge in [-0.25, -0.2) is 19.2 Å². The first-order valence-electron chi connectivity index (χ1n) is 15.5. The Kier molecular flexibility index (Phi) is 7.63. The molecule has 0 bridgehead atoms. The minimum Gasteiger partial charge on any atom is -0.494 e. The Labute approximate surface area is 260 Å². The number of primary amides is 1. The zero-order valence-electron chi connectivity index (χ0n) is 25.4. The smallest absolute Gasteiger partial charge is 0.355 e. The van der Waals surface area contributed by atoms with Crippen molar-refractivity contribution in [1.82, 2.24) is 9.36 Å². The zero-order chi connectivity index (χ0) is 31.1. The van der Waals surface area contributed by atoms with E-state index in [9.17, 15) is 9.59 Å². The summed E-state index contributed by atoms with van der Waals surface area (Å²) in [5.41, 5.74) is 2.10. The lowest BCUT2D eigenvalue weighted by Crippen LogP contribution is -2.82. The van der Waals surface area contributed by atoms with Crippen LogP contribution in [0.2, 0.25) is 0 Å². The number of aromatic nitrogens is 2. The first-order valence-corrected chi connectivity index (χ1v) is 15.5. The normalized spacial score (nSPS) is 21.2. The SMILES string of the molecule is Cc1c(C(=O)[NH2+]c2ccc(OC3=CC=NC4=CC(OCCC5CCC6(CC6)O5)=CCC43)c(F)c2)c(=O)n(-c2ccccc2)n1C. The summed E-state index contributed by atoms with van der Waals surface area (Å²) in [5, 5.41) is 1.27. The molecule has 9 nitrogen and oxygen atoms in total. The number of nitrogens with zero attached hydrogens (tertiary/aromatic N) is 3. The molecule has 2 atom stereocenters. The largest absolute Gasteiger partial charge is 0.494 e. The standard InChI is InChI=1S/C35H35FN4O5/c1-22-32(34(42)40(39(22)2)24-6-4-3-5-7-24)33(41)38-23-8-11-31(28(36)20-23)44-30-13-18-37-29-21-26(9-10-27(29)30)43-19-14-25-12-15-35(45-25)16-17-35/h3-9,11,13,18,20-21,25,27H,10,12,14-17,19H2,1-2H3,(H,38,41)/p+1. The number of nitrogens with two attached hydrogens (primary N) is 1. The van der Waals surface area contributed by atoms with Crippen molar-refractivity contribution in [2.24, 2.45) is 18.0 Å². The lowest BCUT2D eigenvalue weighted by molar-refractivity contribution is -0.464. The summed E-state index contributed by atoms with van der Waals surface area (Å²) in [7, 11) is 1.72. The molecule has 2 aliphatic carbocycles. The van der Waals surface area contributed by atoms with Crippen LogP contribution >= 0.6 is 0 Å². The second kappa shape index (κ2) is 11.8. The molecule has 7 rings (SSSR count). The van der Waals surface area contributed by atoms with Gasteiger partial charge in [-0.2, -0.15) is 0 Å². The van der Waals surface area contributed by atoms with E-state index in [4.69, 9.17) is 14.2 Å². The average Bonchev–Trinajstić information content (AvgIpc) is 3.61. The molecule has 232 valence electrons. The Morgan fingerprint density at radius 2 is 2.00 bits per heavy atom. The summed E-state index contributed by atoms with van der Waals surface area (Å²) in [6, 6.07) is 13.4. The number of ether oxygens (including phenoxy) is 3. The van der Waals surface area contributed by atoms with Crippen molar-refractivity contribution >= 4 is 17.8 Å². The van der Waals surface area contributed by atoms with Gasteiger partial charge in [-0.15, -0.1) is 0 Å². The fourth-order valence-electron chi connectivity index (χ4n) is 6.37. The van der Waals surface area contributed by atoms with Crippen LogP contribution in [0.1, 0.15) is 54.6 Å². The molecule has 2 N–H and O–H groups in total. The molecular formula is C35H36FN4O5+. The van der Waals surface area contributed by atoms with E-state index in [1.54, 1.807) is 49.1 Å². The van der Waals surface area contributed by atoms with Crippen molar-refractivity contribution in [3.8, 4) is 11.4 Å². The summed E-state index contributed by atoms with van der Waals surface area (Å²) >= 11 is 0. The number of allylic oxidation sites excluding steroid dienone is 3. The summed E-state index contributed by atoms with van der Waals surface area (Å²) in [4.78, 5) is 31.0. The number of halogens is 1. The van der Waals surface area contributed by atoms with Gasteiger partial charge in [-0.1, -0.05) is 18.2 Å². The fraction of sp³-hybridized carbons (Fsp3) is 0.343. The number of fused-ring (bicyclic) bond motifs is 1. The minimum atomic E-state index is -0.616. The van der Waals surface area contributed by atoms with Crippen LogP contribution in [-0.4, -0.2) is 39.8 Å². The second-order valence-corrected chi connectivity index (χ2v) is 12.1. The Morgan fingerprint density at radius 3 is 2.76 bits per heavy atom. The number of carbonyl (C=O) groups is 1. The number of hydrogen-bond donors (Lipinski definition) is 1. The first-order chi connectivity index (χ1) is 21.8. The quantitative estimate of drug-likeness (QED) is 0.347. The Bertz CT molecular complexity index is 1830. The molecule has 3 heterocycles. The predicted octanol–water partition coefficient (Wildman–Crippen LogP) is 4.91. The summed E-state index contributed by atoms with van der Waals surface area (Å²) in [5.74, 6) is 0.127. The second-order valence-electron chi connectivity index (χ2n) is 12.1. The number of benzene rings is 2. The maximum atomic E-state index is 15.3. The number of hydrogen-bond acceptors (Lipinski definition) is 6. The van der Waals surface area contributed by atoms with Gasteiger partial charge in [0.05, 0.1) is 41.3 Å². The number of aliphatic imine (C=N–C) groups is 1. The maximum absolute atomic E-state index is 15.3. The van der Waals surface area contributed by atoms with Crippen LogP contribution in [0.4, 0.5) is 10.1 Å². The van der Waals surface area contributed by atoms with Crippen molar-refractivity contribution in [2.45, 2.75) is 57.2 Å². The van der Waals surface area contributed by atoms with Crippen molar-refractivity contribution in [3.05, 3.63) is 111 Å². The van der Waals surface area contributed by atoms with Crippen LogP contribution in [-0.2, 0) is 16.5 Å². The molecular weight excluding hydrogens is 575 g/mol. The topological polar surface area (TPSA) is 101 Å². The van der Waals surface area contributed by atoms with Gasteiger partial charge >= 0.3 is 5.91 Å². The van der Waals surface area contributed by atoms with Crippen LogP contribution in [0.5, 0.6) is 5.75 Å². The molecule has 1 saturated carbocycles. The van der Waals surface area contributed by atoms with Crippen molar-refractivity contribution in [2.75, 3.05) is 6.61 Å². The van der Waals surface area contributed by atoms with E-state index >= 15 is 4.39 Å². The number of carbonyl (C=O) groups excluding carboxylic acids is 1. The lowest BCUT2D eigenvalue weighted by atomic mass is 9.92. The maximum Gasteiger partial charge on any atom is 0.355 e. The van der Waals surface area contributed by atoms with Gasteiger partial charge in [-0.05, 0) is 69.4 Å². The molecule has 2 aliphatic heterocycles. The molecule has 10 heteroatoms. The molecule has 1 saturated heterocycles. The van der Waals surface area contributed by atoms with E-state index in [1.165, 1.54) is 41.4 Å². The molecule has 0 radical (unpaired) electrons.